The molecule has 4 aromatic rings. The number of para-hydroxylation sites is 2. The number of nitrogens with zero attached hydrogens (tertiary/aromatic N) is 2. The normalized spacial score (nSPS) is 11.2. The topological polar surface area (TPSA) is 46.9 Å². The maximum absolute atomic E-state index is 12.6. The van der Waals surface area contributed by atoms with Gasteiger partial charge in [-0.2, -0.15) is 0 Å². The van der Waals surface area contributed by atoms with Crippen molar-refractivity contribution in [3.8, 4) is 0 Å². The number of imidazole rings is 1. The zero-order chi connectivity index (χ0) is 19.3. The van der Waals surface area contributed by atoms with Crippen molar-refractivity contribution in [2.75, 3.05) is 5.32 Å². The number of carbonyl (C=O) groups is 1. The van der Waals surface area contributed by atoms with Gasteiger partial charge in [-0.3, -0.25) is 4.79 Å². The van der Waals surface area contributed by atoms with Crippen LogP contribution in [-0.4, -0.2) is 15.5 Å². The Bertz CT molecular complexity index is 1130. The van der Waals surface area contributed by atoms with E-state index in [9.17, 15) is 4.79 Å². The predicted octanol–water partition coefficient (Wildman–Crippen LogP) is 5.50. The molecule has 5 heteroatoms. The van der Waals surface area contributed by atoms with E-state index in [1.807, 2.05) is 71.3 Å². The van der Waals surface area contributed by atoms with Gasteiger partial charge in [-0.05, 0) is 48.0 Å². The highest BCUT2D eigenvalue weighted by molar-refractivity contribution is 6.30. The molecule has 0 saturated heterocycles. The largest absolute Gasteiger partial charge is 0.325 e. The molecule has 0 atom stereocenters. The molecule has 0 radical (unpaired) electrons. The van der Waals surface area contributed by atoms with Gasteiger partial charge < -0.3 is 9.88 Å². The molecule has 0 bridgehead atoms. The van der Waals surface area contributed by atoms with Crippen molar-refractivity contribution in [1.82, 2.24) is 9.55 Å². The van der Waals surface area contributed by atoms with Crippen molar-refractivity contribution in [1.29, 1.82) is 0 Å². The van der Waals surface area contributed by atoms with Crippen LogP contribution in [0.15, 0.2) is 78.9 Å². The Kier molecular flexibility index (Phi) is 5.22. The first kappa shape index (κ1) is 18.0. The van der Waals surface area contributed by atoms with E-state index in [1.165, 1.54) is 0 Å². The van der Waals surface area contributed by atoms with Gasteiger partial charge in [-0.15, -0.1) is 0 Å². The van der Waals surface area contributed by atoms with Crippen LogP contribution in [0, 0.1) is 0 Å². The van der Waals surface area contributed by atoms with Gasteiger partial charge in [-0.1, -0.05) is 60.1 Å². The van der Waals surface area contributed by atoms with Gasteiger partial charge in [-0.25, -0.2) is 4.98 Å². The summed E-state index contributed by atoms with van der Waals surface area (Å²) in [6.07, 6.45) is 3.93. The van der Waals surface area contributed by atoms with E-state index >= 15 is 0 Å². The van der Waals surface area contributed by atoms with Crippen LogP contribution in [0.2, 0.25) is 5.02 Å². The first-order valence-electron chi connectivity index (χ1n) is 8.93. The minimum absolute atomic E-state index is 0.125. The molecule has 4 nitrogen and oxygen atoms in total. The smallest absolute Gasteiger partial charge is 0.244 e. The maximum Gasteiger partial charge on any atom is 0.244 e. The Hall–Kier alpha value is -3.37. The monoisotopic (exact) mass is 387 g/mol. The molecule has 0 spiro atoms. The van der Waals surface area contributed by atoms with Gasteiger partial charge in [0, 0.05) is 10.7 Å². The molecule has 138 valence electrons. The van der Waals surface area contributed by atoms with Gasteiger partial charge in [0.2, 0.25) is 5.91 Å². The summed E-state index contributed by atoms with van der Waals surface area (Å²) in [6.45, 7) is 0.164. The second-order valence-corrected chi connectivity index (χ2v) is 6.78. The van der Waals surface area contributed by atoms with E-state index in [2.05, 4.69) is 10.3 Å². The standard InChI is InChI=1S/C23H18ClN3O/c24-18-11-13-19(14-12-18)25-23(28)16-27-21-9-5-4-8-20(21)26-22(27)15-10-17-6-2-1-3-7-17/h1-15H,16H2,(H,25,28)/b15-10+. The number of hydrogen-bond acceptors (Lipinski definition) is 2. The number of amides is 1. The lowest BCUT2D eigenvalue weighted by Gasteiger charge is -2.09. The molecule has 1 heterocycles. The highest BCUT2D eigenvalue weighted by Gasteiger charge is 2.12. The SMILES string of the molecule is O=C(Cn1c(/C=C/c2ccccc2)nc2ccccc21)Nc1ccc(Cl)cc1. The van der Waals surface area contributed by atoms with Crippen molar-refractivity contribution in [3.63, 3.8) is 0 Å². The molecule has 0 aliphatic heterocycles. The average molecular weight is 388 g/mol. The van der Waals surface area contributed by atoms with Gasteiger partial charge in [0.25, 0.3) is 0 Å². The number of hydrogen-bond donors (Lipinski definition) is 1. The number of fused-ring (bicyclic) bond motifs is 1. The number of aromatic nitrogens is 2. The van der Waals surface area contributed by atoms with E-state index < -0.39 is 0 Å². The summed E-state index contributed by atoms with van der Waals surface area (Å²) in [5.74, 6) is 0.608. The summed E-state index contributed by atoms with van der Waals surface area (Å²) in [7, 11) is 0. The fourth-order valence-electron chi connectivity index (χ4n) is 3.00. The van der Waals surface area contributed by atoms with Gasteiger partial charge in [0.15, 0.2) is 0 Å². The summed E-state index contributed by atoms with van der Waals surface area (Å²) in [4.78, 5) is 17.3. The molecule has 0 saturated carbocycles. The first-order chi connectivity index (χ1) is 13.7. The fraction of sp³-hybridized carbons (Fsp3) is 0.0435. The predicted molar refractivity (Wildman–Crippen MR) is 115 cm³/mol. The molecule has 28 heavy (non-hydrogen) atoms. The molecule has 4 rings (SSSR count). The van der Waals surface area contributed by atoms with Crippen molar-refractivity contribution in [2.45, 2.75) is 6.54 Å². The van der Waals surface area contributed by atoms with Crippen LogP contribution in [0.3, 0.4) is 0 Å². The molecule has 0 fully saturated rings. The molecule has 0 aliphatic carbocycles. The van der Waals surface area contributed by atoms with Crippen LogP contribution in [0.4, 0.5) is 5.69 Å². The van der Waals surface area contributed by atoms with Crippen LogP contribution in [0.1, 0.15) is 11.4 Å². The molecule has 3 aromatic carbocycles. The van der Waals surface area contributed by atoms with Crippen LogP contribution in [0.25, 0.3) is 23.2 Å². The minimum atomic E-state index is -0.125. The molecule has 1 N–H and O–H groups in total. The van der Waals surface area contributed by atoms with E-state index in [1.54, 1.807) is 24.3 Å². The Morgan fingerprint density at radius 1 is 0.929 bits per heavy atom. The summed E-state index contributed by atoms with van der Waals surface area (Å²) in [6, 6.07) is 24.9. The summed E-state index contributed by atoms with van der Waals surface area (Å²) in [5, 5.41) is 3.53. The third-order valence-electron chi connectivity index (χ3n) is 4.34. The van der Waals surface area contributed by atoms with Gasteiger partial charge in [0.05, 0.1) is 11.0 Å². The third kappa shape index (κ3) is 4.13. The molecule has 0 aliphatic rings. The number of benzene rings is 3. The highest BCUT2D eigenvalue weighted by atomic mass is 35.5. The van der Waals surface area contributed by atoms with Gasteiger partial charge in [0.1, 0.15) is 12.4 Å². The highest BCUT2D eigenvalue weighted by Crippen LogP contribution is 2.19. The molecule has 0 unspecified atom stereocenters. The second kappa shape index (κ2) is 8.11. The lowest BCUT2D eigenvalue weighted by Crippen LogP contribution is -2.19. The van der Waals surface area contributed by atoms with Crippen molar-refractivity contribution >= 4 is 46.4 Å². The first-order valence-corrected chi connectivity index (χ1v) is 9.31. The quantitative estimate of drug-likeness (QED) is 0.491. The molecular formula is C23H18ClN3O. The second-order valence-electron chi connectivity index (χ2n) is 6.34. The zero-order valence-corrected chi connectivity index (χ0v) is 15.8. The Labute approximate surface area is 168 Å². The number of halogens is 1. The molecule has 1 amide bonds. The van der Waals surface area contributed by atoms with Crippen LogP contribution < -0.4 is 5.32 Å². The molecule has 1 aromatic heterocycles. The van der Waals surface area contributed by atoms with E-state index in [0.29, 0.717) is 10.7 Å². The Balaban J connectivity index is 1.62. The number of anilines is 1. The van der Waals surface area contributed by atoms with E-state index in [0.717, 1.165) is 22.4 Å². The number of rotatable bonds is 5. The van der Waals surface area contributed by atoms with Gasteiger partial charge >= 0.3 is 0 Å². The summed E-state index contributed by atoms with van der Waals surface area (Å²) < 4.78 is 1.92. The Morgan fingerprint density at radius 3 is 2.43 bits per heavy atom. The van der Waals surface area contributed by atoms with E-state index in [-0.39, 0.29) is 12.5 Å². The van der Waals surface area contributed by atoms with Crippen LogP contribution >= 0.6 is 11.6 Å². The lowest BCUT2D eigenvalue weighted by molar-refractivity contribution is -0.116. The van der Waals surface area contributed by atoms with Crippen molar-refractivity contribution in [2.24, 2.45) is 0 Å². The molecular weight excluding hydrogens is 370 g/mol. The average Bonchev–Trinajstić information content (AvgIpc) is 3.06. The van der Waals surface area contributed by atoms with Crippen molar-refractivity contribution < 1.29 is 4.79 Å². The number of nitrogens with one attached hydrogen (secondary N) is 1. The summed E-state index contributed by atoms with van der Waals surface area (Å²) in [5.41, 5.74) is 3.56. The Morgan fingerprint density at radius 2 is 1.64 bits per heavy atom. The van der Waals surface area contributed by atoms with Crippen molar-refractivity contribution in [3.05, 3.63) is 95.3 Å². The number of carbonyl (C=O) groups excluding carboxylic acids is 1. The minimum Gasteiger partial charge on any atom is -0.325 e. The van der Waals surface area contributed by atoms with Crippen LogP contribution in [-0.2, 0) is 11.3 Å². The van der Waals surface area contributed by atoms with Crippen LogP contribution in [0.5, 0.6) is 0 Å². The van der Waals surface area contributed by atoms with E-state index in [4.69, 9.17) is 11.6 Å². The third-order valence-corrected chi connectivity index (χ3v) is 4.59. The lowest BCUT2D eigenvalue weighted by atomic mass is 10.2. The summed E-state index contributed by atoms with van der Waals surface area (Å²) >= 11 is 5.90. The maximum atomic E-state index is 12.6. The fourth-order valence-corrected chi connectivity index (χ4v) is 3.13. The zero-order valence-electron chi connectivity index (χ0n) is 15.0.